The van der Waals surface area contributed by atoms with E-state index in [2.05, 4.69) is 47.9 Å². The summed E-state index contributed by atoms with van der Waals surface area (Å²) < 4.78 is 22.0. The first-order valence-electron chi connectivity index (χ1n) is 14.8. The Bertz CT molecular complexity index is 984. The van der Waals surface area contributed by atoms with Gasteiger partial charge >= 0.3 is 5.97 Å². The summed E-state index contributed by atoms with van der Waals surface area (Å²) in [6.07, 6.45) is 16.2. The van der Waals surface area contributed by atoms with Crippen LogP contribution in [0.15, 0.2) is 36.4 Å². The van der Waals surface area contributed by atoms with E-state index >= 15 is 0 Å². The topological polar surface area (TPSA) is 61.3 Å². The normalized spacial score (nSPS) is 17.7. The molecule has 2 unspecified atom stereocenters. The first-order valence-corrected chi connectivity index (χ1v) is 15.5. The number of ether oxygens (including phenoxy) is 2. The molecule has 218 valence electrons. The Hall–Kier alpha value is -1.52. The summed E-state index contributed by atoms with van der Waals surface area (Å²) in [5.41, 5.74) is 3.00. The number of rotatable bonds is 18. The lowest BCUT2D eigenvalue weighted by Crippen LogP contribution is -3.00. The molecule has 1 aliphatic rings. The first kappa shape index (κ1) is 33.7. The van der Waals surface area contributed by atoms with Crippen LogP contribution in [-0.4, -0.2) is 45.9 Å². The molecule has 1 aliphatic heterocycles. The maximum Gasteiger partial charge on any atom is 0.310 e. The van der Waals surface area contributed by atoms with Crippen molar-refractivity contribution in [2.45, 2.75) is 104 Å². The molecule has 2 atom stereocenters. The van der Waals surface area contributed by atoms with Gasteiger partial charge in [0, 0.05) is 18.4 Å². The molecule has 6 nitrogen and oxygen atoms in total. The van der Waals surface area contributed by atoms with Crippen LogP contribution in [0.5, 0.6) is 5.88 Å². The van der Waals surface area contributed by atoms with Gasteiger partial charge in [-0.25, -0.2) is 0 Å². The summed E-state index contributed by atoms with van der Waals surface area (Å²) in [6, 6.07) is 10.2. The molecule has 39 heavy (non-hydrogen) atoms. The van der Waals surface area contributed by atoms with E-state index in [0.717, 1.165) is 49.1 Å². The number of hydrogen-bond donors (Lipinski definition) is 0. The number of quaternary nitrogens is 1. The van der Waals surface area contributed by atoms with E-state index in [4.69, 9.17) is 9.47 Å². The number of unbranched alkanes of at least 4 members (excludes halogenated alkanes) is 9. The van der Waals surface area contributed by atoms with Gasteiger partial charge in [0.2, 0.25) is 0 Å². The number of halogens is 1. The molecular formula is C31H48IN3O3S. The molecule has 0 N–H and O–H groups in total. The fourth-order valence-corrected chi connectivity index (χ4v) is 5.72. The van der Waals surface area contributed by atoms with E-state index in [-0.39, 0.29) is 36.2 Å². The van der Waals surface area contributed by atoms with Crippen molar-refractivity contribution in [3.63, 3.8) is 0 Å². The number of nitrogens with zero attached hydrogens (tertiary/aromatic N) is 3. The Labute approximate surface area is 257 Å². The molecule has 0 spiro atoms. The highest BCUT2D eigenvalue weighted by Gasteiger charge is 2.40. The molecule has 0 amide bonds. The zero-order valence-corrected chi connectivity index (χ0v) is 27.2. The van der Waals surface area contributed by atoms with Crippen molar-refractivity contribution < 1.29 is 42.7 Å². The van der Waals surface area contributed by atoms with Crippen molar-refractivity contribution in [2.24, 2.45) is 0 Å². The van der Waals surface area contributed by atoms with Crippen LogP contribution in [-0.2, 0) is 9.53 Å². The van der Waals surface area contributed by atoms with Crippen LogP contribution in [0, 0.1) is 0 Å². The van der Waals surface area contributed by atoms with Crippen molar-refractivity contribution in [1.82, 2.24) is 8.75 Å². The molecule has 2 heterocycles. The van der Waals surface area contributed by atoms with Crippen molar-refractivity contribution in [3.05, 3.63) is 47.7 Å². The first-order chi connectivity index (χ1) is 18.6. The minimum atomic E-state index is -0.359. The van der Waals surface area contributed by atoms with Crippen LogP contribution in [0.2, 0.25) is 0 Å². The quantitative estimate of drug-likeness (QED) is 0.0956. The second-order valence-electron chi connectivity index (χ2n) is 10.8. The van der Waals surface area contributed by atoms with Gasteiger partial charge in [-0.05, 0) is 25.0 Å². The Morgan fingerprint density at radius 3 is 2.33 bits per heavy atom. The van der Waals surface area contributed by atoms with Crippen molar-refractivity contribution in [1.29, 1.82) is 0 Å². The fourth-order valence-electron chi connectivity index (χ4n) is 5.19. The lowest BCUT2D eigenvalue weighted by molar-refractivity contribution is -0.953. The minimum absolute atomic E-state index is 0. The molecule has 0 fully saturated rings. The van der Waals surface area contributed by atoms with E-state index in [1.807, 2.05) is 18.2 Å². The lowest BCUT2D eigenvalue weighted by Gasteiger charge is -2.42. The number of likely N-dealkylation sites (N-methyl/N-ethyl adjacent to an activating group) is 1. The van der Waals surface area contributed by atoms with Crippen molar-refractivity contribution in [2.75, 3.05) is 26.7 Å². The number of benzene rings is 1. The number of hydrogen-bond acceptors (Lipinski definition) is 6. The highest BCUT2D eigenvalue weighted by Crippen LogP contribution is 2.37. The fraction of sp³-hybridized carbons (Fsp3) is 0.645. The third-order valence-electron chi connectivity index (χ3n) is 7.44. The lowest BCUT2D eigenvalue weighted by atomic mass is 10.0. The molecule has 0 bridgehead atoms. The van der Waals surface area contributed by atoms with Gasteiger partial charge in [-0.15, -0.1) is 4.37 Å². The van der Waals surface area contributed by atoms with E-state index in [1.54, 1.807) is 0 Å². The zero-order chi connectivity index (χ0) is 27.1. The molecule has 0 saturated carbocycles. The summed E-state index contributed by atoms with van der Waals surface area (Å²) in [6.45, 7) is 6.71. The summed E-state index contributed by atoms with van der Waals surface area (Å²) in [4.78, 5) is 13.0. The van der Waals surface area contributed by atoms with Gasteiger partial charge in [0.25, 0.3) is 12.1 Å². The van der Waals surface area contributed by atoms with Crippen LogP contribution in [0.3, 0.4) is 0 Å². The molecule has 3 rings (SSSR count). The smallest absolute Gasteiger partial charge is 0.310 e. The number of carbonyl (C=O) groups excluding carboxylic acids is 1. The van der Waals surface area contributed by atoms with Crippen molar-refractivity contribution >= 4 is 23.3 Å². The van der Waals surface area contributed by atoms with Crippen LogP contribution in [0.25, 0.3) is 5.57 Å². The SMILES string of the molecule is CCCCCCCCCC(=O)OC(c1ccccc1)[N+]1(C)CCC=C(c2nsnc2OCCCCCC)C1.[I-]. The van der Waals surface area contributed by atoms with Gasteiger partial charge in [0.15, 0.2) is 0 Å². The second-order valence-corrected chi connectivity index (χ2v) is 11.4. The summed E-state index contributed by atoms with van der Waals surface area (Å²) in [5.74, 6) is 0.535. The number of carbonyl (C=O) groups is 1. The van der Waals surface area contributed by atoms with Crippen LogP contribution >= 0.6 is 11.7 Å². The monoisotopic (exact) mass is 669 g/mol. The molecular weight excluding hydrogens is 621 g/mol. The van der Waals surface area contributed by atoms with Gasteiger partial charge in [0.05, 0.1) is 37.5 Å². The largest absolute Gasteiger partial charge is 1.00 e. The standard InChI is InChI=1S/C31H48N3O3S.HI/c1-4-6-8-10-11-12-16-22-28(35)37-31(26-19-14-13-15-20-26)34(3)23-18-21-27(25-34)29-30(33-38-32-29)36-24-17-9-7-5-2;/h13-15,19-21,31H,4-12,16-18,22-25H2,1-3H3;1H/q+1;/p-1. The van der Waals surface area contributed by atoms with Gasteiger partial charge in [0.1, 0.15) is 12.2 Å². The molecule has 1 aromatic carbocycles. The average molecular weight is 670 g/mol. The molecule has 2 aromatic rings. The minimum Gasteiger partial charge on any atom is -1.00 e. The highest BCUT2D eigenvalue weighted by molar-refractivity contribution is 6.99. The van der Waals surface area contributed by atoms with Crippen LogP contribution in [0.4, 0.5) is 0 Å². The van der Waals surface area contributed by atoms with E-state index in [1.165, 1.54) is 63.1 Å². The van der Waals surface area contributed by atoms with Crippen LogP contribution < -0.4 is 28.7 Å². The third kappa shape index (κ3) is 11.1. The molecule has 0 saturated heterocycles. The van der Waals surface area contributed by atoms with E-state index in [9.17, 15) is 4.79 Å². The Morgan fingerprint density at radius 1 is 0.949 bits per heavy atom. The average Bonchev–Trinajstić information content (AvgIpc) is 3.40. The molecule has 0 aliphatic carbocycles. The second kappa shape index (κ2) is 18.8. The van der Waals surface area contributed by atoms with E-state index in [0.29, 0.717) is 29.9 Å². The Morgan fingerprint density at radius 2 is 1.62 bits per heavy atom. The predicted octanol–water partition coefficient (Wildman–Crippen LogP) is 5.12. The highest BCUT2D eigenvalue weighted by atomic mass is 127. The van der Waals surface area contributed by atoms with Gasteiger partial charge in [-0.1, -0.05) is 95.9 Å². The predicted molar refractivity (Wildman–Crippen MR) is 156 cm³/mol. The maximum atomic E-state index is 13.0. The number of esters is 1. The van der Waals surface area contributed by atoms with Crippen LogP contribution in [0.1, 0.15) is 115 Å². The molecule has 1 aromatic heterocycles. The van der Waals surface area contributed by atoms with Gasteiger partial charge in [-0.3, -0.25) is 9.28 Å². The van der Waals surface area contributed by atoms with Crippen molar-refractivity contribution in [3.8, 4) is 5.88 Å². The summed E-state index contributed by atoms with van der Waals surface area (Å²) in [5, 5.41) is 0. The third-order valence-corrected chi connectivity index (χ3v) is 7.95. The Balaban J connectivity index is 0.00000533. The summed E-state index contributed by atoms with van der Waals surface area (Å²) in [7, 11) is 2.19. The maximum absolute atomic E-state index is 13.0. The Kier molecular flexibility index (Phi) is 16.2. The van der Waals surface area contributed by atoms with E-state index < -0.39 is 0 Å². The number of aromatic nitrogens is 2. The van der Waals surface area contributed by atoms with Gasteiger partial charge in [-0.2, -0.15) is 4.37 Å². The summed E-state index contributed by atoms with van der Waals surface area (Å²) >= 11 is 1.20. The zero-order valence-electron chi connectivity index (χ0n) is 24.2. The van der Waals surface area contributed by atoms with Gasteiger partial charge < -0.3 is 33.5 Å². The molecule has 0 radical (unpaired) electrons. The molecule has 8 heteroatoms.